The van der Waals surface area contributed by atoms with Gasteiger partial charge in [0.05, 0.1) is 17.9 Å². The number of fused-ring (bicyclic) bond motifs is 1. The maximum atomic E-state index is 14.8. The normalized spacial score (nSPS) is 20.7. The fraction of sp³-hybridized carbons (Fsp3) is 0.480. The number of hydrogen-bond acceptors (Lipinski definition) is 4. The molecule has 182 valence electrons. The molecule has 0 spiro atoms. The number of carbonyl (C=O) groups is 2. The Balaban J connectivity index is 1.57. The van der Waals surface area contributed by atoms with Crippen LogP contribution >= 0.6 is 11.6 Å². The number of pyridine rings is 1. The molecule has 7 nitrogen and oxygen atoms in total. The van der Waals surface area contributed by atoms with Crippen LogP contribution in [0.3, 0.4) is 0 Å². The van der Waals surface area contributed by atoms with Crippen LogP contribution in [0.5, 0.6) is 0 Å². The number of nitrogens with one attached hydrogen (secondary N) is 1. The van der Waals surface area contributed by atoms with Crippen LogP contribution in [0.4, 0.5) is 25.4 Å². The van der Waals surface area contributed by atoms with E-state index in [1.807, 2.05) is 20.8 Å². The van der Waals surface area contributed by atoms with Gasteiger partial charge < -0.3 is 10.1 Å². The first-order valence-electron chi connectivity index (χ1n) is 11.5. The van der Waals surface area contributed by atoms with Crippen molar-refractivity contribution in [3.8, 4) is 0 Å². The summed E-state index contributed by atoms with van der Waals surface area (Å²) in [6.07, 6.45) is 3.96. The van der Waals surface area contributed by atoms with E-state index in [4.69, 9.17) is 16.3 Å². The van der Waals surface area contributed by atoms with Crippen LogP contribution < -0.4 is 15.1 Å². The summed E-state index contributed by atoms with van der Waals surface area (Å²) in [7, 11) is 0. The van der Waals surface area contributed by atoms with Gasteiger partial charge in [0.1, 0.15) is 16.6 Å². The molecule has 1 saturated carbocycles. The van der Waals surface area contributed by atoms with Crippen molar-refractivity contribution in [2.45, 2.75) is 77.6 Å². The lowest BCUT2D eigenvalue weighted by Crippen LogP contribution is -2.54. The summed E-state index contributed by atoms with van der Waals surface area (Å²) < 4.78 is 20.2. The second kappa shape index (κ2) is 9.41. The minimum atomic E-state index is -0.563. The predicted octanol–water partition coefficient (Wildman–Crippen LogP) is 5.97. The van der Waals surface area contributed by atoms with Crippen LogP contribution in [-0.4, -0.2) is 34.8 Å². The number of para-hydroxylation sites is 1. The Bertz CT molecular complexity index is 1080. The second-order valence-electron chi connectivity index (χ2n) is 9.93. The summed E-state index contributed by atoms with van der Waals surface area (Å²) >= 11 is 6.18. The average molecular weight is 489 g/mol. The number of halogens is 2. The molecular weight excluding hydrogens is 459 g/mol. The van der Waals surface area contributed by atoms with E-state index in [0.29, 0.717) is 42.1 Å². The first kappa shape index (κ1) is 24.3. The monoisotopic (exact) mass is 488 g/mol. The number of carbonyl (C=O) groups excluding carboxylic acids is 2. The van der Waals surface area contributed by atoms with Crippen molar-refractivity contribution in [1.29, 1.82) is 0 Å². The molecular formula is C25H30ClFN4O3. The molecule has 4 rings (SSSR count). The van der Waals surface area contributed by atoms with Gasteiger partial charge in [-0.3, -0.25) is 9.80 Å². The Morgan fingerprint density at radius 3 is 2.59 bits per heavy atom. The highest BCUT2D eigenvalue weighted by molar-refractivity contribution is 6.29. The number of amides is 3. The van der Waals surface area contributed by atoms with Crippen LogP contribution in [0, 0.1) is 12.7 Å². The van der Waals surface area contributed by atoms with E-state index in [-0.39, 0.29) is 30.3 Å². The van der Waals surface area contributed by atoms with Crippen LogP contribution in [0.2, 0.25) is 5.15 Å². The molecule has 0 unspecified atom stereocenters. The number of ether oxygens (including phenoxy) is 1. The zero-order valence-corrected chi connectivity index (χ0v) is 20.7. The van der Waals surface area contributed by atoms with Crippen LogP contribution in [0.15, 0.2) is 30.5 Å². The summed E-state index contributed by atoms with van der Waals surface area (Å²) in [5, 5.41) is 3.23. The number of anilines is 2. The zero-order chi connectivity index (χ0) is 24.6. The third-order valence-electron chi connectivity index (χ3n) is 6.19. The molecule has 0 atom stereocenters. The van der Waals surface area contributed by atoms with Crippen molar-refractivity contribution >= 4 is 35.1 Å². The fourth-order valence-corrected chi connectivity index (χ4v) is 4.86. The van der Waals surface area contributed by atoms with Crippen molar-refractivity contribution in [3.05, 3.63) is 52.6 Å². The lowest BCUT2D eigenvalue weighted by atomic mass is 9.89. The number of aryl methyl sites for hydroxylation is 1. The Hall–Kier alpha value is -2.87. The fourth-order valence-electron chi connectivity index (χ4n) is 4.71. The minimum Gasteiger partial charge on any atom is -0.444 e. The van der Waals surface area contributed by atoms with Crippen molar-refractivity contribution in [1.82, 2.24) is 10.3 Å². The summed E-state index contributed by atoms with van der Waals surface area (Å²) in [4.78, 5) is 33.3. The molecule has 34 heavy (non-hydrogen) atoms. The van der Waals surface area contributed by atoms with Crippen LogP contribution in [0.1, 0.15) is 57.6 Å². The van der Waals surface area contributed by atoms with Gasteiger partial charge in [-0.1, -0.05) is 23.7 Å². The molecule has 3 amide bonds. The Morgan fingerprint density at radius 2 is 1.94 bits per heavy atom. The number of urea groups is 1. The van der Waals surface area contributed by atoms with Gasteiger partial charge in [-0.05, 0) is 71.1 Å². The first-order chi connectivity index (χ1) is 16.0. The van der Waals surface area contributed by atoms with E-state index < -0.39 is 17.5 Å². The highest BCUT2D eigenvalue weighted by atomic mass is 35.5. The molecule has 0 bridgehead atoms. The number of benzene rings is 1. The minimum absolute atomic E-state index is 0.0311. The maximum absolute atomic E-state index is 14.8. The third kappa shape index (κ3) is 5.12. The summed E-state index contributed by atoms with van der Waals surface area (Å²) in [6, 6.07) is 6.06. The molecule has 1 aromatic heterocycles. The van der Waals surface area contributed by atoms with Crippen LogP contribution in [-0.2, 0) is 11.3 Å². The van der Waals surface area contributed by atoms with Gasteiger partial charge in [-0.25, -0.2) is 19.0 Å². The SMILES string of the molecule is Cc1cccc(F)c1N1Cc2cnc(Cl)cc2N([C@H]2CC[C@H](NC(=O)OC(C)(C)C)CC2)C1=O. The first-order valence-corrected chi connectivity index (χ1v) is 11.9. The average Bonchev–Trinajstić information content (AvgIpc) is 2.74. The third-order valence-corrected chi connectivity index (χ3v) is 6.40. The van der Waals surface area contributed by atoms with E-state index in [2.05, 4.69) is 10.3 Å². The standard InChI is InChI=1S/C25H30ClFN4O3/c1-15-6-5-7-19(27)22(15)30-14-16-13-28-21(26)12-20(16)31(24(30)33)18-10-8-17(9-11-18)29-23(32)34-25(2,3)4/h5-7,12-13,17-18H,8-11,14H2,1-4H3,(H,29,32)/t17-,18-. The van der Waals surface area contributed by atoms with E-state index >= 15 is 0 Å². The topological polar surface area (TPSA) is 74.8 Å². The summed E-state index contributed by atoms with van der Waals surface area (Å²) in [5.74, 6) is -0.441. The molecule has 1 aromatic carbocycles. The van der Waals surface area contributed by atoms with Crippen molar-refractivity contribution < 1.29 is 18.7 Å². The molecule has 2 aliphatic rings. The molecule has 1 fully saturated rings. The van der Waals surface area contributed by atoms with Gasteiger partial charge in [0.2, 0.25) is 0 Å². The van der Waals surface area contributed by atoms with E-state index in [1.54, 1.807) is 36.2 Å². The van der Waals surface area contributed by atoms with Crippen molar-refractivity contribution in [2.24, 2.45) is 0 Å². The molecule has 1 aliphatic carbocycles. The van der Waals surface area contributed by atoms with Crippen molar-refractivity contribution in [3.63, 3.8) is 0 Å². The Kier molecular flexibility index (Phi) is 6.71. The van der Waals surface area contributed by atoms with E-state index in [1.165, 1.54) is 11.0 Å². The highest BCUT2D eigenvalue weighted by Crippen LogP contribution is 2.39. The smallest absolute Gasteiger partial charge is 0.407 e. The van der Waals surface area contributed by atoms with Gasteiger partial charge in [0.25, 0.3) is 0 Å². The lowest BCUT2D eigenvalue weighted by Gasteiger charge is -2.43. The van der Waals surface area contributed by atoms with E-state index in [0.717, 1.165) is 5.56 Å². The van der Waals surface area contributed by atoms with Gasteiger partial charge in [0, 0.05) is 23.8 Å². The zero-order valence-electron chi connectivity index (χ0n) is 19.9. The second-order valence-corrected chi connectivity index (χ2v) is 10.3. The van der Waals surface area contributed by atoms with Gasteiger partial charge in [-0.2, -0.15) is 0 Å². The molecule has 1 N–H and O–H groups in total. The number of hydrogen-bond donors (Lipinski definition) is 1. The summed E-state index contributed by atoms with van der Waals surface area (Å²) in [5.41, 5.74) is 1.91. The Morgan fingerprint density at radius 1 is 1.24 bits per heavy atom. The molecule has 1 aliphatic heterocycles. The molecule has 9 heteroatoms. The highest BCUT2D eigenvalue weighted by Gasteiger charge is 2.39. The molecule has 2 heterocycles. The van der Waals surface area contributed by atoms with Gasteiger partial charge >= 0.3 is 12.1 Å². The van der Waals surface area contributed by atoms with Gasteiger partial charge in [0.15, 0.2) is 0 Å². The van der Waals surface area contributed by atoms with E-state index in [9.17, 15) is 14.0 Å². The summed E-state index contributed by atoms with van der Waals surface area (Å²) in [6.45, 7) is 7.48. The quantitative estimate of drug-likeness (QED) is 0.540. The molecule has 0 saturated heterocycles. The molecule has 0 radical (unpaired) electrons. The predicted molar refractivity (Wildman–Crippen MR) is 130 cm³/mol. The lowest BCUT2D eigenvalue weighted by molar-refractivity contribution is 0.0491. The van der Waals surface area contributed by atoms with Crippen LogP contribution in [0.25, 0.3) is 0 Å². The maximum Gasteiger partial charge on any atom is 0.407 e. The number of aromatic nitrogens is 1. The van der Waals surface area contributed by atoms with Gasteiger partial charge in [-0.15, -0.1) is 0 Å². The Labute approximate surface area is 204 Å². The molecule has 2 aromatic rings. The number of rotatable bonds is 3. The number of alkyl carbamates (subject to hydrolysis) is 1. The van der Waals surface area contributed by atoms with Crippen molar-refractivity contribution in [2.75, 3.05) is 9.80 Å². The number of nitrogens with zero attached hydrogens (tertiary/aromatic N) is 3. The largest absolute Gasteiger partial charge is 0.444 e.